The van der Waals surface area contributed by atoms with Crippen LogP contribution in [0.25, 0.3) is 0 Å². The van der Waals surface area contributed by atoms with E-state index in [0.29, 0.717) is 12.1 Å². The largest absolute Gasteiger partial charge is 0.357 e. The molecule has 2 rings (SSSR count). The lowest BCUT2D eigenvalue weighted by Crippen LogP contribution is -2.49. The summed E-state index contributed by atoms with van der Waals surface area (Å²) in [4.78, 5) is 7.29. The summed E-state index contributed by atoms with van der Waals surface area (Å²) in [6.45, 7) is 10.8. The summed E-state index contributed by atoms with van der Waals surface area (Å²) in [5.74, 6) is 0.965. The second-order valence-corrected chi connectivity index (χ2v) is 6.93. The summed E-state index contributed by atoms with van der Waals surface area (Å²) >= 11 is 0. The van der Waals surface area contributed by atoms with Crippen LogP contribution in [-0.4, -0.2) is 58.9 Å². The number of hydrogen-bond acceptors (Lipinski definition) is 3. The zero-order chi connectivity index (χ0) is 17.4. The van der Waals surface area contributed by atoms with Gasteiger partial charge in [-0.3, -0.25) is 9.67 Å². The van der Waals surface area contributed by atoms with E-state index in [9.17, 15) is 0 Å². The van der Waals surface area contributed by atoms with Gasteiger partial charge in [0.2, 0.25) is 0 Å². The number of halogens is 1. The fourth-order valence-corrected chi connectivity index (χ4v) is 3.15. The van der Waals surface area contributed by atoms with Gasteiger partial charge in [0.05, 0.1) is 6.20 Å². The standard InChI is InChI=1S/C18H34N6.HI/c1-5-19-18(20-10-6-7-16-13-21-23(4)14-16)22-17-8-11-24(12-9-17)15(2)3;/h13-15,17H,5-12H2,1-4H3,(H2,19,20,22);1H. The van der Waals surface area contributed by atoms with Crippen LogP contribution in [0.3, 0.4) is 0 Å². The molecule has 0 radical (unpaired) electrons. The van der Waals surface area contributed by atoms with E-state index in [0.717, 1.165) is 31.9 Å². The van der Waals surface area contributed by atoms with Crippen LogP contribution in [0.4, 0.5) is 0 Å². The maximum atomic E-state index is 4.74. The Hall–Kier alpha value is -0.830. The third-order valence-electron chi connectivity index (χ3n) is 4.60. The Labute approximate surface area is 169 Å². The van der Waals surface area contributed by atoms with E-state index in [2.05, 4.69) is 47.6 Å². The summed E-state index contributed by atoms with van der Waals surface area (Å²) in [6.07, 6.45) is 8.49. The average Bonchev–Trinajstić information content (AvgIpc) is 2.97. The normalized spacial score (nSPS) is 16.8. The molecule has 0 amide bonds. The van der Waals surface area contributed by atoms with Crippen molar-refractivity contribution >= 4 is 29.9 Å². The van der Waals surface area contributed by atoms with Crippen LogP contribution in [0.1, 0.15) is 45.6 Å². The maximum absolute atomic E-state index is 4.74. The molecule has 6 nitrogen and oxygen atoms in total. The topological polar surface area (TPSA) is 57.5 Å². The van der Waals surface area contributed by atoms with E-state index in [-0.39, 0.29) is 24.0 Å². The number of nitrogens with zero attached hydrogens (tertiary/aromatic N) is 4. The van der Waals surface area contributed by atoms with Gasteiger partial charge in [0.1, 0.15) is 0 Å². The zero-order valence-corrected chi connectivity index (χ0v) is 18.5. The molecule has 25 heavy (non-hydrogen) atoms. The zero-order valence-electron chi connectivity index (χ0n) is 16.2. The number of guanidine groups is 1. The van der Waals surface area contributed by atoms with Crippen molar-refractivity contribution < 1.29 is 0 Å². The van der Waals surface area contributed by atoms with Crippen molar-refractivity contribution in [1.82, 2.24) is 25.3 Å². The number of nitrogens with one attached hydrogen (secondary N) is 2. The fourth-order valence-electron chi connectivity index (χ4n) is 3.15. The molecular weight excluding hydrogens is 427 g/mol. The van der Waals surface area contributed by atoms with E-state index in [1.54, 1.807) is 0 Å². The van der Waals surface area contributed by atoms with E-state index >= 15 is 0 Å². The Morgan fingerprint density at radius 2 is 2.08 bits per heavy atom. The highest BCUT2D eigenvalue weighted by atomic mass is 127. The van der Waals surface area contributed by atoms with Crippen LogP contribution >= 0.6 is 24.0 Å². The minimum absolute atomic E-state index is 0. The SMILES string of the molecule is CCNC(=NCCCc1cnn(C)c1)NC1CCN(C(C)C)CC1.I. The minimum Gasteiger partial charge on any atom is -0.357 e. The lowest BCUT2D eigenvalue weighted by Gasteiger charge is -2.35. The van der Waals surface area contributed by atoms with Gasteiger partial charge >= 0.3 is 0 Å². The average molecular weight is 462 g/mol. The molecule has 1 aromatic heterocycles. The molecule has 1 aromatic rings. The molecule has 0 aromatic carbocycles. The molecular formula is C18H35IN6. The quantitative estimate of drug-likeness (QED) is 0.283. The predicted molar refractivity (Wildman–Crippen MR) is 116 cm³/mol. The molecule has 7 heteroatoms. The molecule has 2 heterocycles. The van der Waals surface area contributed by atoms with Gasteiger partial charge in [-0.2, -0.15) is 5.10 Å². The van der Waals surface area contributed by atoms with Gasteiger partial charge in [-0.25, -0.2) is 0 Å². The highest BCUT2D eigenvalue weighted by Crippen LogP contribution is 2.12. The highest BCUT2D eigenvalue weighted by Gasteiger charge is 2.21. The maximum Gasteiger partial charge on any atom is 0.191 e. The first-order valence-corrected chi connectivity index (χ1v) is 9.35. The van der Waals surface area contributed by atoms with Crippen LogP contribution in [0.5, 0.6) is 0 Å². The van der Waals surface area contributed by atoms with Gasteiger partial charge in [0.15, 0.2) is 5.96 Å². The monoisotopic (exact) mass is 462 g/mol. The molecule has 1 aliphatic rings. The highest BCUT2D eigenvalue weighted by molar-refractivity contribution is 14.0. The fraction of sp³-hybridized carbons (Fsp3) is 0.778. The van der Waals surface area contributed by atoms with E-state index < -0.39 is 0 Å². The number of rotatable bonds is 7. The summed E-state index contributed by atoms with van der Waals surface area (Å²) in [7, 11) is 1.96. The molecule has 1 aliphatic heterocycles. The molecule has 0 saturated carbocycles. The van der Waals surface area contributed by atoms with Gasteiger partial charge < -0.3 is 15.5 Å². The van der Waals surface area contributed by atoms with E-state index in [1.807, 2.05) is 17.9 Å². The van der Waals surface area contributed by atoms with E-state index in [4.69, 9.17) is 4.99 Å². The van der Waals surface area contributed by atoms with Crippen LogP contribution in [0.15, 0.2) is 17.4 Å². The second kappa shape index (κ2) is 11.7. The molecule has 1 fully saturated rings. The van der Waals surface area contributed by atoms with Crippen molar-refractivity contribution in [1.29, 1.82) is 0 Å². The van der Waals surface area contributed by atoms with Crippen molar-refractivity contribution in [2.24, 2.45) is 12.0 Å². The van der Waals surface area contributed by atoms with Gasteiger partial charge in [-0.1, -0.05) is 0 Å². The van der Waals surface area contributed by atoms with Crippen molar-refractivity contribution in [3.05, 3.63) is 18.0 Å². The van der Waals surface area contributed by atoms with Crippen molar-refractivity contribution in [2.45, 2.75) is 58.5 Å². The number of aliphatic imine (C=N–C) groups is 1. The molecule has 0 spiro atoms. The van der Waals surface area contributed by atoms with Gasteiger partial charge in [0.25, 0.3) is 0 Å². The van der Waals surface area contributed by atoms with E-state index in [1.165, 1.54) is 31.5 Å². The number of likely N-dealkylation sites (tertiary alicyclic amines) is 1. The van der Waals surface area contributed by atoms with Crippen molar-refractivity contribution in [2.75, 3.05) is 26.2 Å². The van der Waals surface area contributed by atoms with Crippen LogP contribution in [-0.2, 0) is 13.5 Å². The lowest BCUT2D eigenvalue weighted by molar-refractivity contribution is 0.167. The Kier molecular flexibility index (Phi) is 10.4. The van der Waals surface area contributed by atoms with Crippen LogP contribution < -0.4 is 10.6 Å². The van der Waals surface area contributed by atoms with Crippen molar-refractivity contribution in [3.8, 4) is 0 Å². The molecule has 2 N–H and O–H groups in total. The first-order valence-electron chi connectivity index (χ1n) is 9.35. The molecule has 0 atom stereocenters. The molecule has 0 bridgehead atoms. The van der Waals surface area contributed by atoms with Gasteiger partial charge in [0, 0.05) is 51.5 Å². The predicted octanol–water partition coefficient (Wildman–Crippen LogP) is 2.40. The molecule has 1 saturated heterocycles. The number of piperidine rings is 1. The Morgan fingerprint density at radius 3 is 2.64 bits per heavy atom. The first kappa shape index (κ1) is 22.2. The van der Waals surface area contributed by atoms with Crippen molar-refractivity contribution in [3.63, 3.8) is 0 Å². The van der Waals surface area contributed by atoms with Gasteiger partial charge in [-0.15, -0.1) is 24.0 Å². The lowest BCUT2D eigenvalue weighted by atomic mass is 10.0. The first-order chi connectivity index (χ1) is 11.6. The van der Waals surface area contributed by atoms with Crippen LogP contribution in [0.2, 0.25) is 0 Å². The number of hydrogen-bond donors (Lipinski definition) is 2. The number of aryl methyl sites for hydroxylation is 2. The Bertz CT molecular complexity index is 505. The molecule has 144 valence electrons. The van der Waals surface area contributed by atoms with Gasteiger partial charge in [-0.05, 0) is 52.0 Å². The third-order valence-corrected chi connectivity index (χ3v) is 4.60. The second-order valence-electron chi connectivity index (χ2n) is 6.93. The molecule has 0 unspecified atom stereocenters. The van der Waals surface area contributed by atoms with Crippen LogP contribution in [0, 0.1) is 0 Å². The summed E-state index contributed by atoms with van der Waals surface area (Å²) in [5.41, 5.74) is 1.28. The smallest absolute Gasteiger partial charge is 0.191 e. The summed E-state index contributed by atoms with van der Waals surface area (Å²) in [6, 6.07) is 1.19. The summed E-state index contributed by atoms with van der Waals surface area (Å²) < 4.78 is 1.85. The Balaban J connectivity index is 0.00000312. The Morgan fingerprint density at radius 1 is 1.36 bits per heavy atom. The minimum atomic E-state index is 0. The third kappa shape index (κ3) is 7.94. The number of aromatic nitrogens is 2. The summed E-state index contributed by atoms with van der Waals surface area (Å²) in [5, 5.41) is 11.2. The molecule has 0 aliphatic carbocycles.